The summed E-state index contributed by atoms with van der Waals surface area (Å²) in [5.41, 5.74) is 3.97. The van der Waals surface area contributed by atoms with Crippen LogP contribution in [-0.2, 0) is 6.42 Å². The van der Waals surface area contributed by atoms with Crippen LogP contribution in [0, 0.1) is 0 Å². The average molecular weight is 224 g/mol. The molecule has 2 heteroatoms. The normalized spacial score (nSPS) is 13.3. The zero-order valence-electron chi connectivity index (χ0n) is 9.76. The van der Waals surface area contributed by atoms with Gasteiger partial charge in [0.2, 0.25) is 0 Å². The lowest BCUT2D eigenvalue weighted by Crippen LogP contribution is -2.25. The van der Waals surface area contributed by atoms with Crippen LogP contribution in [-0.4, -0.2) is 13.2 Å². The summed E-state index contributed by atoms with van der Waals surface area (Å²) in [4.78, 5) is 2.39. The van der Waals surface area contributed by atoms with Gasteiger partial charge in [-0.2, -0.15) is 0 Å². The topological polar surface area (TPSA) is 15.3 Å². The van der Waals surface area contributed by atoms with Gasteiger partial charge in [0, 0.05) is 6.54 Å². The lowest BCUT2D eigenvalue weighted by molar-refractivity contribution is 0.840. The second kappa shape index (κ2) is 4.50. The monoisotopic (exact) mass is 224 g/mol. The van der Waals surface area contributed by atoms with E-state index in [9.17, 15) is 0 Å². The van der Waals surface area contributed by atoms with Gasteiger partial charge >= 0.3 is 0 Å². The molecule has 0 bridgehead atoms. The summed E-state index contributed by atoms with van der Waals surface area (Å²) in [6, 6.07) is 19.1. The molecule has 1 aliphatic rings. The number of para-hydroxylation sites is 2. The molecule has 1 N–H and O–H groups in total. The van der Waals surface area contributed by atoms with Gasteiger partial charge < -0.3 is 10.2 Å². The molecule has 0 spiro atoms. The zero-order chi connectivity index (χ0) is 11.5. The Labute approximate surface area is 102 Å². The first kappa shape index (κ1) is 10.2. The lowest BCUT2D eigenvalue weighted by Gasteiger charge is -2.17. The van der Waals surface area contributed by atoms with Gasteiger partial charge in [0.15, 0.2) is 0 Å². The van der Waals surface area contributed by atoms with Crippen molar-refractivity contribution in [3.8, 4) is 0 Å². The summed E-state index contributed by atoms with van der Waals surface area (Å²) >= 11 is 0. The molecule has 1 heterocycles. The SMILES string of the molecule is c1ccc(CCN2CNc3ccccc32)cc1. The van der Waals surface area contributed by atoms with E-state index >= 15 is 0 Å². The second-order valence-electron chi connectivity index (χ2n) is 4.35. The summed E-state index contributed by atoms with van der Waals surface area (Å²) in [7, 11) is 0. The molecule has 86 valence electrons. The molecule has 2 nitrogen and oxygen atoms in total. The molecule has 0 unspecified atom stereocenters. The third kappa shape index (κ3) is 2.11. The highest BCUT2D eigenvalue weighted by Gasteiger charge is 2.16. The van der Waals surface area contributed by atoms with E-state index in [4.69, 9.17) is 0 Å². The summed E-state index contributed by atoms with van der Waals surface area (Å²) in [5, 5.41) is 3.41. The van der Waals surface area contributed by atoms with Crippen molar-refractivity contribution >= 4 is 11.4 Å². The fraction of sp³-hybridized carbons (Fsp3) is 0.200. The summed E-state index contributed by atoms with van der Waals surface area (Å²) in [6.45, 7) is 1.99. The van der Waals surface area contributed by atoms with E-state index in [0.29, 0.717) is 0 Å². The van der Waals surface area contributed by atoms with Gasteiger partial charge in [0.05, 0.1) is 18.0 Å². The molecule has 0 fully saturated rings. The molecule has 3 rings (SSSR count). The maximum Gasteiger partial charge on any atom is 0.0877 e. The van der Waals surface area contributed by atoms with E-state index in [1.54, 1.807) is 0 Å². The highest BCUT2D eigenvalue weighted by Crippen LogP contribution is 2.30. The molecule has 1 aliphatic heterocycles. The Hall–Kier alpha value is -1.96. The van der Waals surface area contributed by atoms with E-state index in [1.165, 1.54) is 16.9 Å². The number of hydrogen-bond acceptors (Lipinski definition) is 2. The number of hydrogen-bond donors (Lipinski definition) is 1. The van der Waals surface area contributed by atoms with Gasteiger partial charge in [-0.25, -0.2) is 0 Å². The molecular weight excluding hydrogens is 208 g/mol. The van der Waals surface area contributed by atoms with Gasteiger partial charge in [-0.15, -0.1) is 0 Å². The number of nitrogens with one attached hydrogen (secondary N) is 1. The van der Waals surface area contributed by atoms with Crippen molar-refractivity contribution in [2.45, 2.75) is 6.42 Å². The van der Waals surface area contributed by atoms with E-state index in [0.717, 1.165) is 19.6 Å². The van der Waals surface area contributed by atoms with E-state index in [-0.39, 0.29) is 0 Å². The van der Waals surface area contributed by atoms with Gasteiger partial charge in [-0.05, 0) is 24.1 Å². The van der Waals surface area contributed by atoms with Crippen LogP contribution in [0.5, 0.6) is 0 Å². The highest BCUT2D eigenvalue weighted by atomic mass is 15.3. The van der Waals surface area contributed by atoms with Gasteiger partial charge in [-0.3, -0.25) is 0 Å². The van der Waals surface area contributed by atoms with Crippen LogP contribution in [0.1, 0.15) is 5.56 Å². The van der Waals surface area contributed by atoms with Crippen molar-refractivity contribution in [1.82, 2.24) is 0 Å². The van der Waals surface area contributed by atoms with Crippen molar-refractivity contribution in [2.24, 2.45) is 0 Å². The van der Waals surface area contributed by atoms with Crippen LogP contribution >= 0.6 is 0 Å². The van der Waals surface area contributed by atoms with Crippen LogP contribution in [0.4, 0.5) is 11.4 Å². The summed E-state index contributed by atoms with van der Waals surface area (Å²) < 4.78 is 0. The first-order valence-electron chi connectivity index (χ1n) is 6.05. The maximum absolute atomic E-state index is 3.41. The lowest BCUT2D eigenvalue weighted by atomic mass is 10.1. The minimum atomic E-state index is 0.923. The molecule has 0 atom stereocenters. The largest absolute Gasteiger partial charge is 0.366 e. The molecule has 0 radical (unpaired) electrons. The van der Waals surface area contributed by atoms with Crippen LogP contribution in [0.2, 0.25) is 0 Å². The highest BCUT2D eigenvalue weighted by molar-refractivity contribution is 5.74. The van der Waals surface area contributed by atoms with Crippen molar-refractivity contribution in [3.63, 3.8) is 0 Å². The van der Waals surface area contributed by atoms with Crippen LogP contribution < -0.4 is 10.2 Å². The Kier molecular flexibility index (Phi) is 2.70. The molecule has 0 aliphatic carbocycles. The van der Waals surface area contributed by atoms with Crippen molar-refractivity contribution in [3.05, 3.63) is 60.2 Å². The van der Waals surface area contributed by atoms with Gasteiger partial charge in [0.1, 0.15) is 0 Å². The molecule has 0 saturated carbocycles. The Morgan fingerprint density at radius 2 is 1.71 bits per heavy atom. The van der Waals surface area contributed by atoms with Crippen LogP contribution in [0.15, 0.2) is 54.6 Å². The van der Waals surface area contributed by atoms with Crippen LogP contribution in [0.3, 0.4) is 0 Å². The molecule has 0 amide bonds. The van der Waals surface area contributed by atoms with Gasteiger partial charge in [-0.1, -0.05) is 42.5 Å². The van der Waals surface area contributed by atoms with Crippen molar-refractivity contribution in [1.29, 1.82) is 0 Å². The number of nitrogens with zero attached hydrogens (tertiary/aromatic N) is 1. The molecular formula is C15H16N2. The third-order valence-electron chi connectivity index (χ3n) is 3.22. The fourth-order valence-electron chi connectivity index (χ4n) is 2.27. The first-order valence-corrected chi connectivity index (χ1v) is 6.05. The predicted molar refractivity (Wildman–Crippen MR) is 72.4 cm³/mol. The standard InChI is InChI=1S/C15H16N2/c1-2-6-13(7-3-1)10-11-17-12-16-14-8-4-5-9-15(14)17/h1-9,16H,10-12H2. The Balaban J connectivity index is 1.68. The molecule has 0 aromatic heterocycles. The minimum Gasteiger partial charge on any atom is -0.366 e. The zero-order valence-corrected chi connectivity index (χ0v) is 9.76. The second-order valence-corrected chi connectivity index (χ2v) is 4.35. The number of rotatable bonds is 3. The molecule has 2 aromatic carbocycles. The minimum absolute atomic E-state index is 0.923. The predicted octanol–water partition coefficient (Wildman–Crippen LogP) is 3.12. The van der Waals surface area contributed by atoms with Crippen molar-refractivity contribution < 1.29 is 0 Å². The van der Waals surface area contributed by atoms with E-state index in [1.807, 2.05) is 0 Å². The maximum atomic E-state index is 3.41. The Morgan fingerprint density at radius 1 is 0.941 bits per heavy atom. The number of fused-ring (bicyclic) bond motifs is 1. The Morgan fingerprint density at radius 3 is 2.59 bits per heavy atom. The first-order chi connectivity index (χ1) is 8.43. The number of anilines is 2. The average Bonchev–Trinajstić information content (AvgIpc) is 2.81. The molecule has 0 saturated heterocycles. The van der Waals surface area contributed by atoms with E-state index in [2.05, 4.69) is 64.8 Å². The Bertz CT molecular complexity index is 493. The quantitative estimate of drug-likeness (QED) is 0.861. The van der Waals surface area contributed by atoms with Crippen LogP contribution in [0.25, 0.3) is 0 Å². The summed E-state index contributed by atoms with van der Waals surface area (Å²) in [6.07, 6.45) is 1.09. The number of benzene rings is 2. The summed E-state index contributed by atoms with van der Waals surface area (Å²) in [5.74, 6) is 0. The molecule has 17 heavy (non-hydrogen) atoms. The van der Waals surface area contributed by atoms with E-state index < -0.39 is 0 Å². The smallest absolute Gasteiger partial charge is 0.0877 e. The fourth-order valence-corrected chi connectivity index (χ4v) is 2.27. The third-order valence-corrected chi connectivity index (χ3v) is 3.22. The van der Waals surface area contributed by atoms with Crippen molar-refractivity contribution in [2.75, 3.05) is 23.4 Å². The van der Waals surface area contributed by atoms with Gasteiger partial charge in [0.25, 0.3) is 0 Å². The molecule has 2 aromatic rings.